The second-order valence-corrected chi connectivity index (χ2v) is 6.90. The van der Waals surface area contributed by atoms with Gasteiger partial charge in [-0.15, -0.1) is 0 Å². The van der Waals surface area contributed by atoms with Crippen molar-refractivity contribution in [3.8, 4) is 11.5 Å². The van der Waals surface area contributed by atoms with Crippen LogP contribution >= 0.6 is 0 Å². The first-order valence-corrected chi connectivity index (χ1v) is 9.13. The average Bonchev–Trinajstić information content (AvgIpc) is 3.25. The summed E-state index contributed by atoms with van der Waals surface area (Å²) in [6.45, 7) is 3.83. The molecule has 6 nitrogen and oxygen atoms in total. The van der Waals surface area contributed by atoms with Gasteiger partial charge in [-0.25, -0.2) is 0 Å². The minimum atomic E-state index is -0.156. The molecule has 0 bridgehead atoms. The zero-order valence-corrected chi connectivity index (χ0v) is 15.9. The summed E-state index contributed by atoms with van der Waals surface area (Å²) >= 11 is 0. The van der Waals surface area contributed by atoms with Crippen LogP contribution in [-0.4, -0.2) is 28.9 Å². The average molecular weight is 357 g/mol. The Kier molecular flexibility index (Phi) is 5.49. The van der Waals surface area contributed by atoms with Crippen LogP contribution in [0, 0.1) is 6.92 Å². The quantitative estimate of drug-likeness (QED) is 0.859. The van der Waals surface area contributed by atoms with Gasteiger partial charge in [0.05, 0.1) is 31.0 Å². The first-order chi connectivity index (χ1) is 12.5. The van der Waals surface area contributed by atoms with Crippen LogP contribution in [0.3, 0.4) is 0 Å². The molecule has 1 aliphatic carbocycles. The van der Waals surface area contributed by atoms with Gasteiger partial charge in [0.2, 0.25) is 0 Å². The molecule has 140 valence electrons. The highest BCUT2D eigenvalue weighted by Crippen LogP contribution is 2.33. The van der Waals surface area contributed by atoms with Crippen LogP contribution in [0.25, 0.3) is 0 Å². The van der Waals surface area contributed by atoms with Crippen molar-refractivity contribution >= 4 is 5.91 Å². The lowest BCUT2D eigenvalue weighted by molar-refractivity contribution is 0.0939. The number of aryl methyl sites for hydroxylation is 1. The van der Waals surface area contributed by atoms with Crippen molar-refractivity contribution in [1.82, 2.24) is 15.1 Å². The molecule has 2 aromatic rings. The number of hydrogen-bond donors (Lipinski definition) is 1. The number of ether oxygens (including phenoxy) is 2. The van der Waals surface area contributed by atoms with Crippen LogP contribution in [0.4, 0.5) is 0 Å². The second-order valence-electron chi connectivity index (χ2n) is 6.90. The van der Waals surface area contributed by atoms with E-state index >= 15 is 0 Å². The van der Waals surface area contributed by atoms with Gasteiger partial charge in [0.25, 0.3) is 5.91 Å². The van der Waals surface area contributed by atoms with Gasteiger partial charge in [0.1, 0.15) is 0 Å². The maximum absolute atomic E-state index is 12.5. The monoisotopic (exact) mass is 357 g/mol. The minimum absolute atomic E-state index is 0.131. The summed E-state index contributed by atoms with van der Waals surface area (Å²) in [5.74, 6) is 1.34. The molecule has 6 heteroatoms. The molecule has 1 amide bonds. The van der Waals surface area contributed by atoms with E-state index in [1.54, 1.807) is 18.0 Å². The molecular formula is C20H27N3O3. The van der Waals surface area contributed by atoms with E-state index in [-0.39, 0.29) is 18.1 Å². The standard InChI is InChI=1S/C20H27N3O3/c1-13(22-20(24)17-12-21-23(3)14(17)2)15-9-10-18(19(11-15)25-4)26-16-7-5-6-8-16/h9-13,16H,5-8H2,1-4H3,(H,22,24). The number of amides is 1. The Morgan fingerprint density at radius 3 is 2.65 bits per heavy atom. The largest absolute Gasteiger partial charge is 0.493 e. The number of nitrogens with zero attached hydrogens (tertiary/aromatic N) is 2. The number of nitrogens with one attached hydrogen (secondary N) is 1. The molecule has 1 N–H and O–H groups in total. The third kappa shape index (κ3) is 3.84. The summed E-state index contributed by atoms with van der Waals surface area (Å²) in [5, 5.41) is 7.15. The van der Waals surface area contributed by atoms with Gasteiger partial charge >= 0.3 is 0 Å². The van der Waals surface area contributed by atoms with E-state index in [2.05, 4.69) is 10.4 Å². The fraction of sp³-hybridized carbons (Fsp3) is 0.500. The summed E-state index contributed by atoms with van der Waals surface area (Å²) < 4.78 is 13.3. The predicted octanol–water partition coefficient (Wildman–Crippen LogP) is 3.55. The maximum atomic E-state index is 12.5. The summed E-state index contributed by atoms with van der Waals surface area (Å²) in [4.78, 5) is 12.5. The zero-order chi connectivity index (χ0) is 18.7. The maximum Gasteiger partial charge on any atom is 0.255 e. The van der Waals surface area contributed by atoms with Crippen LogP contribution in [0.2, 0.25) is 0 Å². The highest BCUT2D eigenvalue weighted by molar-refractivity contribution is 5.95. The molecule has 0 spiro atoms. The van der Waals surface area contributed by atoms with E-state index in [4.69, 9.17) is 9.47 Å². The van der Waals surface area contributed by atoms with Crippen LogP contribution < -0.4 is 14.8 Å². The molecule has 0 saturated heterocycles. The van der Waals surface area contributed by atoms with Gasteiger partial charge in [0.15, 0.2) is 11.5 Å². The Hall–Kier alpha value is -2.50. The number of rotatable bonds is 6. The lowest BCUT2D eigenvalue weighted by Crippen LogP contribution is -2.27. The molecule has 1 saturated carbocycles. The van der Waals surface area contributed by atoms with Crippen LogP contribution in [0.15, 0.2) is 24.4 Å². The normalized spacial score (nSPS) is 15.7. The fourth-order valence-corrected chi connectivity index (χ4v) is 3.32. The first kappa shape index (κ1) is 18.3. The predicted molar refractivity (Wildman–Crippen MR) is 99.7 cm³/mol. The van der Waals surface area contributed by atoms with E-state index in [1.165, 1.54) is 12.8 Å². The van der Waals surface area contributed by atoms with Gasteiger partial charge in [0, 0.05) is 12.7 Å². The summed E-state index contributed by atoms with van der Waals surface area (Å²) in [7, 11) is 3.46. The fourth-order valence-electron chi connectivity index (χ4n) is 3.32. The van der Waals surface area contributed by atoms with E-state index in [1.807, 2.05) is 39.1 Å². The van der Waals surface area contributed by atoms with Crippen LogP contribution in [-0.2, 0) is 7.05 Å². The van der Waals surface area contributed by atoms with Crippen molar-refractivity contribution in [1.29, 1.82) is 0 Å². The Labute approximate surface area is 154 Å². The molecule has 3 rings (SSSR count). The molecule has 0 aliphatic heterocycles. The lowest BCUT2D eigenvalue weighted by atomic mass is 10.1. The third-order valence-electron chi connectivity index (χ3n) is 5.11. The topological polar surface area (TPSA) is 65.4 Å². The summed E-state index contributed by atoms with van der Waals surface area (Å²) in [6.07, 6.45) is 6.52. The van der Waals surface area contributed by atoms with Gasteiger partial charge in [-0.2, -0.15) is 5.10 Å². The molecule has 1 heterocycles. The van der Waals surface area contributed by atoms with Crippen LogP contribution in [0.5, 0.6) is 11.5 Å². The molecule has 1 atom stereocenters. The van der Waals surface area contributed by atoms with Crippen LogP contribution in [0.1, 0.15) is 60.3 Å². The Balaban J connectivity index is 1.71. The first-order valence-electron chi connectivity index (χ1n) is 9.13. The van der Waals surface area contributed by atoms with Gasteiger partial charge in [-0.1, -0.05) is 6.07 Å². The van der Waals surface area contributed by atoms with Crippen molar-refractivity contribution in [2.24, 2.45) is 7.05 Å². The zero-order valence-electron chi connectivity index (χ0n) is 15.9. The van der Waals surface area contributed by atoms with Crippen molar-refractivity contribution in [3.63, 3.8) is 0 Å². The Morgan fingerprint density at radius 2 is 2.04 bits per heavy atom. The number of benzene rings is 1. The van der Waals surface area contributed by atoms with Gasteiger partial charge < -0.3 is 14.8 Å². The highest BCUT2D eigenvalue weighted by atomic mass is 16.5. The SMILES string of the molecule is COc1cc(C(C)NC(=O)c2cnn(C)c2C)ccc1OC1CCCC1. The summed E-state index contributed by atoms with van der Waals surface area (Å²) in [6, 6.07) is 5.69. The number of methoxy groups -OCH3 is 1. The number of carbonyl (C=O) groups excluding carboxylic acids is 1. The molecule has 1 aliphatic rings. The number of carbonyl (C=O) groups is 1. The van der Waals surface area contributed by atoms with E-state index in [0.29, 0.717) is 11.3 Å². The Morgan fingerprint density at radius 1 is 1.31 bits per heavy atom. The molecule has 1 aromatic heterocycles. The van der Waals surface area contributed by atoms with Crippen molar-refractivity contribution in [2.45, 2.75) is 51.7 Å². The summed E-state index contributed by atoms with van der Waals surface area (Å²) in [5.41, 5.74) is 2.40. The van der Waals surface area contributed by atoms with E-state index in [0.717, 1.165) is 29.8 Å². The van der Waals surface area contributed by atoms with Gasteiger partial charge in [-0.3, -0.25) is 9.48 Å². The van der Waals surface area contributed by atoms with Gasteiger partial charge in [-0.05, 0) is 57.2 Å². The van der Waals surface area contributed by atoms with E-state index in [9.17, 15) is 4.79 Å². The van der Waals surface area contributed by atoms with Crippen molar-refractivity contribution in [2.75, 3.05) is 7.11 Å². The third-order valence-corrected chi connectivity index (χ3v) is 5.11. The molecule has 26 heavy (non-hydrogen) atoms. The van der Waals surface area contributed by atoms with Crippen molar-refractivity contribution in [3.05, 3.63) is 41.2 Å². The second kappa shape index (κ2) is 7.81. The molecule has 0 radical (unpaired) electrons. The molecule has 1 aromatic carbocycles. The molecule has 1 unspecified atom stereocenters. The number of aromatic nitrogens is 2. The Bertz CT molecular complexity index is 779. The lowest BCUT2D eigenvalue weighted by Gasteiger charge is -2.19. The van der Waals surface area contributed by atoms with Crippen molar-refractivity contribution < 1.29 is 14.3 Å². The molecule has 1 fully saturated rings. The number of hydrogen-bond acceptors (Lipinski definition) is 4. The smallest absolute Gasteiger partial charge is 0.255 e. The minimum Gasteiger partial charge on any atom is -0.493 e. The van der Waals surface area contributed by atoms with E-state index < -0.39 is 0 Å². The highest BCUT2D eigenvalue weighted by Gasteiger charge is 2.20. The molecular weight excluding hydrogens is 330 g/mol.